The van der Waals surface area contributed by atoms with Crippen LogP contribution in [0.3, 0.4) is 0 Å². The van der Waals surface area contributed by atoms with Crippen LogP contribution in [0.15, 0.2) is 46.2 Å². The molecular formula is C24H33N3O5S2. The number of hydrogen-bond donors (Lipinski definition) is 1. The Labute approximate surface area is 203 Å². The number of piperidine rings is 1. The van der Waals surface area contributed by atoms with Gasteiger partial charge < -0.3 is 5.32 Å². The first kappa shape index (κ1) is 26.3. The second-order valence-corrected chi connectivity index (χ2v) is 13.1. The Morgan fingerprint density at radius 3 is 2.18 bits per heavy atom. The van der Waals surface area contributed by atoms with Crippen molar-refractivity contribution >= 4 is 26.0 Å². The Bertz CT molecular complexity index is 1250. The molecular weight excluding hydrogens is 474 g/mol. The molecule has 1 aliphatic heterocycles. The van der Waals surface area contributed by atoms with E-state index >= 15 is 0 Å². The van der Waals surface area contributed by atoms with E-state index < -0.39 is 26.0 Å². The molecule has 0 saturated carbocycles. The number of nitrogens with one attached hydrogen (secondary N) is 1. The topological polar surface area (TPSA) is 104 Å². The normalized spacial score (nSPS) is 17.6. The standard InChI is InChI=1S/C24H33N3O5S2/c1-17-13-18(2)23(19(3)14-17)34(31,32)27-12-6-7-21(16-27)24(28)25-15-20-8-10-22(11-9-20)33(29,30)26(4)5/h8-11,13-14,21H,6-7,12,15-16H2,1-5H3,(H,25,28)/t21-/m1/s1. The first-order valence-electron chi connectivity index (χ1n) is 11.2. The van der Waals surface area contributed by atoms with Gasteiger partial charge in [0.15, 0.2) is 0 Å². The molecule has 1 fully saturated rings. The molecule has 186 valence electrons. The maximum atomic E-state index is 13.4. The number of carbonyl (C=O) groups excluding carboxylic acids is 1. The van der Waals surface area contributed by atoms with Gasteiger partial charge in [0.25, 0.3) is 0 Å². The summed E-state index contributed by atoms with van der Waals surface area (Å²) in [5.41, 5.74) is 3.20. The fourth-order valence-corrected chi connectivity index (χ4v) is 7.24. The van der Waals surface area contributed by atoms with E-state index in [0.717, 1.165) is 15.4 Å². The molecule has 34 heavy (non-hydrogen) atoms. The van der Waals surface area contributed by atoms with Gasteiger partial charge in [0, 0.05) is 33.7 Å². The van der Waals surface area contributed by atoms with E-state index in [4.69, 9.17) is 0 Å². The minimum absolute atomic E-state index is 0.140. The van der Waals surface area contributed by atoms with E-state index in [0.29, 0.717) is 35.4 Å². The summed E-state index contributed by atoms with van der Waals surface area (Å²) < 4.78 is 53.7. The van der Waals surface area contributed by atoms with Crippen LogP contribution in [0.2, 0.25) is 0 Å². The van der Waals surface area contributed by atoms with Crippen molar-refractivity contribution in [3.05, 3.63) is 58.7 Å². The molecule has 0 unspecified atom stereocenters. The molecule has 2 aromatic carbocycles. The molecule has 0 radical (unpaired) electrons. The molecule has 2 aromatic rings. The molecule has 1 aliphatic rings. The Hall–Kier alpha value is -2.27. The van der Waals surface area contributed by atoms with Gasteiger partial charge in [0.1, 0.15) is 0 Å². The van der Waals surface area contributed by atoms with Gasteiger partial charge in [-0.3, -0.25) is 4.79 Å². The monoisotopic (exact) mass is 507 g/mol. The Morgan fingerprint density at radius 1 is 1.03 bits per heavy atom. The third-order valence-electron chi connectivity index (χ3n) is 6.13. The lowest BCUT2D eigenvalue weighted by Crippen LogP contribution is -2.45. The van der Waals surface area contributed by atoms with Crippen LogP contribution in [-0.2, 0) is 31.4 Å². The van der Waals surface area contributed by atoms with Crippen LogP contribution in [0.1, 0.15) is 35.1 Å². The predicted molar refractivity (Wildman–Crippen MR) is 131 cm³/mol. The van der Waals surface area contributed by atoms with Crippen LogP contribution in [0, 0.1) is 26.7 Å². The van der Waals surface area contributed by atoms with E-state index in [1.54, 1.807) is 26.0 Å². The van der Waals surface area contributed by atoms with Crippen molar-refractivity contribution in [2.24, 2.45) is 5.92 Å². The number of nitrogens with zero attached hydrogens (tertiary/aromatic N) is 2. The number of hydrogen-bond acceptors (Lipinski definition) is 5. The summed E-state index contributed by atoms with van der Waals surface area (Å²) >= 11 is 0. The lowest BCUT2D eigenvalue weighted by molar-refractivity contribution is -0.126. The smallest absolute Gasteiger partial charge is 0.243 e. The summed E-state index contributed by atoms with van der Waals surface area (Å²) in [6.07, 6.45) is 1.22. The minimum atomic E-state index is -3.71. The van der Waals surface area contributed by atoms with Gasteiger partial charge in [-0.05, 0) is 62.4 Å². The number of carbonyl (C=O) groups is 1. The van der Waals surface area contributed by atoms with Crippen molar-refractivity contribution in [2.45, 2.75) is 49.9 Å². The van der Waals surface area contributed by atoms with Crippen LogP contribution in [-0.4, -0.2) is 58.5 Å². The van der Waals surface area contributed by atoms with Crippen molar-refractivity contribution in [3.8, 4) is 0 Å². The first-order valence-corrected chi connectivity index (χ1v) is 14.1. The van der Waals surface area contributed by atoms with Gasteiger partial charge in [-0.25, -0.2) is 21.1 Å². The van der Waals surface area contributed by atoms with Gasteiger partial charge in [-0.15, -0.1) is 0 Å². The molecule has 0 bridgehead atoms. The Morgan fingerprint density at radius 2 is 1.62 bits per heavy atom. The lowest BCUT2D eigenvalue weighted by atomic mass is 9.99. The first-order chi connectivity index (χ1) is 15.8. The van der Waals surface area contributed by atoms with E-state index in [-0.39, 0.29) is 23.9 Å². The van der Waals surface area contributed by atoms with Crippen LogP contribution in [0.25, 0.3) is 0 Å². The number of amides is 1. The average molecular weight is 508 g/mol. The zero-order chi connectivity index (χ0) is 25.3. The summed E-state index contributed by atoms with van der Waals surface area (Å²) in [5, 5.41) is 2.87. The van der Waals surface area contributed by atoms with E-state index in [1.807, 2.05) is 19.1 Å². The quantitative estimate of drug-likeness (QED) is 0.620. The molecule has 1 saturated heterocycles. The molecule has 1 amide bonds. The molecule has 1 N–H and O–H groups in total. The summed E-state index contributed by atoms with van der Waals surface area (Å²) in [6.45, 7) is 6.31. The largest absolute Gasteiger partial charge is 0.352 e. The maximum Gasteiger partial charge on any atom is 0.243 e. The van der Waals surface area contributed by atoms with Gasteiger partial charge in [-0.1, -0.05) is 29.8 Å². The molecule has 3 rings (SSSR count). The molecule has 10 heteroatoms. The van der Waals surface area contributed by atoms with Crippen LogP contribution in [0.4, 0.5) is 0 Å². The van der Waals surface area contributed by atoms with Gasteiger partial charge in [0.2, 0.25) is 26.0 Å². The molecule has 0 aliphatic carbocycles. The molecule has 8 nitrogen and oxygen atoms in total. The van der Waals surface area contributed by atoms with E-state index in [2.05, 4.69) is 5.32 Å². The average Bonchev–Trinajstić information content (AvgIpc) is 2.76. The summed E-state index contributed by atoms with van der Waals surface area (Å²) in [4.78, 5) is 13.3. The molecule has 1 atom stereocenters. The number of sulfonamides is 2. The minimum Gasteiger partial charge on any atom is -0.352 e. The van der Waals surface area contributed by atoms with E-state index in [9.17, 15) is 21.6 Å². The third-order valence-corrected chi connectivity index (χ3v) is 10.1. The fraction of sp³-hybridized carbons (Fsp3) is 0.458. The van der Waals surface area contributed by atoms with Crippen molar-refractivity contribution in [1.82, 2.24) is 13.9 Å². The van der Waals surface area contributed by atoms with Gasteiger partial charge >= 0.3 is 0 Å². The Kier molecular flexibility index (Phi) is 7.86. The summed E-state index contributed by atoms with van der Waals surface area (Å²) in [5.74, 6) is -0.648. The number of aryl methyl sites for hydroxylation is 3. The highest BCUT2D eigenvalue weighted by molar-refractivity contribution is 7.89. The van der Waals surface area contributed by atoms with E-state index in [1.165, 1.54) is 30.5 Å². The predicted octanol–water partition coefficient (Wildman–Crippen LogP) is 2.58. The molecule has 0 aromatic heterocycles. The van der Waals surface area contributed by atoms with Crippen LogP contribution < -0.4 is 5.32 Å². The SMILES string of the molecule is Cc1cc(C)c(S(=O)(=O)N2CCC[C@@H](C(=O)NCc3ccc(S(=O)(=O)N(C)C)cc3)C2)c(C)c1. The number of benzene rings is 2. The summed E-state index contributed by atoms with van der Waals surface area (Å²) in [6, 6.07) is 10.1. The van der Waals surface area contributed by atoms with Crippen LogP contribution in [0.5, 0.6) is 0 Å². The fourth-order valence-electron chi connectivity index (χ4n) is 4.40. The van der Waals surface area contributed by atoms with Crippen LogP contribution >= 0.6 is 0 Å². The second-order valence-electron chi connectivity index (χ2n) is 9.08. The maximum absolute atomic E-state index is 13.4. The second kappa shape index (κ2) is 10.2. The van der Waals surface area contributed by atoms with Crippen molar-refractivity contribution in [2.75, 3.05) is 27.2 Å². The highest BCUT2D eigenvalue weighted by Crippen LogP contribution is 2.29. The zero-order valence-electron chi connectivity index (χ0n) is 20.3. The molecule has 0 spiro atoms. The highest BCUT2D eigenvalue weighted by atomic mass is 32.2. The summed E-state index contributed by atoms with van der Waals surface area (Å²) in [7, 11) is -4.28. The molecule has 1 heterocycles. The zero-order valence-corrected chi connectivity index (χ0v) is 22.0. The number of rotatable bonds is 7. The Balaban J connectivity index is 1.67. The third kappa shape index (κ3) is 5.51. The van der Waals surface area contributed by atoms with Crippen molar-refractivity contribution < 1.29 is 21.6 Å². The van der Waals surface area contributed by atoms with Crippen molar-refractivity contribution in [1.29, 1.82) is 0 Å². The van der Waals surface area contributed by atoms with Gasteiger partial charge in [-0.2, -0.15) is 4.31 Å². The lowest BCUT2D eigenvalue weighted by Gasteiger charge is -2.32. The van der Waals surface area contributed by atoms with Gasteiger partial charge in [0.05, 0.1) is 15.7 Å². The highest BCUT2D eigenvalue weighted by Gasteiger charge is 2.34. The van der Waals surface area contributed by atoms with Crippen molar-refractivity contribution in [3.63, 3.8) is 0 Å².